The van der Waals surface area contributed by atoms with Gasteiger partial charge in [-0.1, -0.05) is 23.4 Å². The van der Waals surface area contributed by atoms with Crippen molar-refractivity contribution in [2.24, 2.45) is 5.16 Å². The summed E-state index contributed by atoms with van der Waals surface area (Å²) in [6.45, 7) is 5.62. The van der Waals surface area contributed by atoms with Gasteiger partial charge in [-0.3, -0.25) is 4.79 Å². The third-order valence-electron chi connectivity index (χ3n) is 3.08. The molecular weight excluding hydrogens is 258 g/mol. The van der Waals surface area contributed by atoms with Crippen LogP contribution in [0.4, 0.5) is 10.5 Å². The highest BCUT2D eigenvalue weighted by Gasteiger charge is 2.36. The summed E-state index contributed by atoms with van der Waals surface area (Å²) in [4.78, 5) is 26.6. The summed E-state index contributed by atoms with van der Waals surface area (Å²) < 4.78 is 0. The van der Waals surface area contributed by atoms with E-state index in [1.165, 1.54) is 4.90 Å². The van der Waals surface area contributed by atoms with E-state index in [0.717, 1.165) is 10.5 Å². The maximum atomic E-state index is 12.1. The zero-order chi connectivity index (χ0) is 14.7. The summed E-state index contributed by atoms with van der Waals surface area (Å²) in [5.74, 6) is -0.267. The van der Waals surface area contributed by atoms with Crippen molar-refractivity contribution in [1.29, 1.82) is 0 Å². The predicted octanol–water partition coefficient (Wildman–Crippen LogP) is 1.84. The van der Waals surface area contributed by atoms with Crippen LogP contribution in [0.2, 0.25) is 0 Å². The first-order chi connectivity index (χ1) is 9.58. The van der Waals surface area contributed by atoms with Crippen LogP contribution in [-0.4, -0.2) is 40.8 Å². The average Bonchev–Trinajstić information content (AvgIpc) is 2.73. The molecule has 1 aliphatic rings. The van der Waals surface area contributed by atoms with Gasteiger partial charge in [-0.05, 0) is 24.6 Å². The molecule has 104 valence electrons. The molecule has 0 aliphatic carbocycles. The van der Waals surface area contributed by atoms with E-state index in [1.807, 2.05) is 0 Å². The Bertz CT molecular complexity index is 578. The molecule has 0 saturated carbocycles. The van der Waals surface area contributed by atoms with E-state index in [9.17, 15) is 9.59 Å². The highest BCUT2D eigenvalue weighted by Crippen LogP contribution is 2.22. The summed E-state index contributed by atoms with van der Waals surface area (Å²) in [5.41, 5.74) is 1.68. The van der Waals surface area contributed by atoms with Crippen LogP contribution >= 0.6 is 0 Å². The second-order valence-corrected chi connectivity index (χ2v) is 4.41. The normalized spacial score (nSPS) is 15.9. The van der Waals surface area contributed by atoms with Gasteiger partial charge in [-0.25, -0.2) is 9.69 Å². The van der Waals surface area contributed by atoms with Gasteiger partial charge in [0.2, 0.25) is 0 Å². The van der Waals surface area contributed by atoms with E-state index >= 15 is 0 Å². The minimum absolute atomic E-state index is 0.0593. The number of nitrogens with zero attached hydrogens (tertiary/aromatic N) is 3. The SMILES string of the molecule is C=CCN1CC(=O)N(c2ccc(/C(C)=N/O)cc2)C1=O. The van der Waals surface area contributed by atoms with Crippen LogP contribution in [0.3, 0.4) is 0 Å². The third kappa shape index (κ3) is 2.40. The molecule has 6 nitrogen and oxygen atoms in total. The predicted molar refractivity (Wildman–Crippen MR) is 75.1 cm³/mol. The number of carbonyl (C=O) groups excluding carboxylic acids is 2. The van der Waals surface area contributed by atoms with Crippen LogP contribution in [0.5, 0.6) is 0 Å². The Morgan fingerprint density at radius 2 is 2.05 bits per heavy atom. The fraction of sp³-hybridized carbons (Fsp3) is 0.214. The summed E-state index contributed by atoms with van der Waals surface area (Å²) in [6, 6.07) is 6.34. The number of rotatable bonds is 4. The molecule has 0 bridgehead atoms. The van der Waals surface area contributed by atoms with Crippen LogP contribution < -0.4 is 4.90 Å². The maximum Gasteiger partial charge on any atom is 0.332 e. The molecule has 1 heterocycles. The monoisotopic (exact) mass is 273 g/mol. The molecule has 1 aliphatic heterocycles. The lowest BCUT2D eigenvalue weighted by Gasteiger charge is -2.16. The highest BCUT2D eigenvalue weighted by atomic mass is 16.4. The molecule has 2 rings (SSSR count). The largest absolute Gasteiger partial charge is 0.411 e. The van der Waals surface area contributed by atoms with Gasteiger partial charge in [-0.2, -0.15) is 0 Å². The summed E-state index contributed by atoms with van der Waals surface area (Å²) in [6.07, 6.45) is 1.58. The van der Waals surface area contributed by atoms with Crippen molar-refractivity contribution in [2.45, 2.75) is 6.92 Å². The Morgan fingerprint density at radius 1 is 1.40 bits per heavy atom. The number of amides is 3. The molecule has 1 saturated heterocycles. The maximum absolute atomic E-state index is 12.1. The summed E-state index contributed by atoms with van der Waals surface area (Å²) in [5, 5.41) is 11.8. The van der Waals surface area contributed by atoms with Gasteiger partial charge in [0.1, 0.15) is 6.54 Å². The standard InChI is InChI=1S/C14H15N3O3/c1-3-8-16-9-13(18)17(14(16)19)12-6-4-11(5-7-12)10(2)15-20/h3-7,20H,1,8-9H2,2H3/b15-10+. The Kier molecular flexibility index (Phi) is 3.84. The summed E-state index contributed by atoms with van der Waals surface area (Å²) >= 11 is 0. The van der Waals surface area contributed by atoms with Crippen molar-refractivity contribution >= 4 is 23.3 Å². The molecule has 6 heteroatoms. The second kappa shape index (κ2) is 5.56. The fourth-order valence-corrected chi connectivity index (χ4v) is 2.01. The molecular formula is C14H15N3O3. The molecule has 0 atom stereocenters. The number of oxime groups is 1. The average molecular weight is 273 g/mol. The van der Waals surface area contributed by atoms with Gasteiger partial charge in [-0.15, -0.1) is 6.58 Å². The lowest BCUT2D eigenvalue weighted by Crippen LogP contribution is -2.33. The Hall–Kier alpha value is -2.63. The van der Waals surface area contributed by atoms with Gasteiger partial charge in [0.15, 0.2) is 0 Å². The molecule has 1 aromatic rings. The fourth-order valence-electron chi connectivity index (χ4n) is 2.01. The van der Waals surface area contributed by atoms with E-state index < -0.39 is 0 Å². The number of carbonyl (C=O) groups is 2. The number of hydrogen-bond acceptors (Lipinski definition) is 4. The lowest BCUT2D eigenvalue weighted by atomic mass is 10.1. The quantitative estimate of drug-likeness (QED) is 0.299. The van der Waals surface area contributed by atoms with E-state index in [1.54, 1.807) is 37.3 Å². The number of benzene rings is 1. The Morgan fingerprint density at radius 3 is 2.60 bits per heavy atom. The van der Waals surface area contributed by atoms with Crippen molar-refractivity contribution in [3.63, 3.8) is 0 Å². The van der Waals surface area contributed by atoms with Crippen molar-refractivity contribution in [3.8, 4) is 0 Å². The second-order valence-electron chi connectivity index (χ2n) is 4.41. The van der Waals surface area contributed by atoms with Crippen LogP contribution in [0, 0.1) is 0 Å². The van der Waals surface area contributed by atoms with Gasteiger partial charge in [0.05, 0.1) is 11.4 Å². The van der Waals surface area contributed by atoms with Crippen molar-refractivity contribution in [2.75, 3.05) is 18.0 Å². The molecule has 20 heavy (non-hydrogen) atoms. The number of imide groups is 1. The van der Waals surface area contributed by atoms with Crippen LogP contribution in [-0.2, 0) is 4.79 Å². The minimum atomic E-state index is -0.352. The lowest BCUT2D eigenvalue weighted by molar-refractivity contribution is -0.116. The van der Waals surface area contributed by atoms with Gasteiger partial charge < -0.3 is 10.1 Å². The third-order valence-corrected chi connectivity index (χ3v) is 3.08. The van der Waals surface area contributed by atoms with Crippen LogP contribution in [0.1, 0.15) is 12.5 Å². The van der Waals surface area contributed by atoms with Gasteiger partial charge >= 0.3 is 6.03 Å². The molecule has 0 spiro atoms. The van der Waals surface area contributed by atoms with Crippen molar-refractivity contribution in [1.82, 2.24) is 4.90 Å². The first kappa shape index (κ1) is 13.8. The zero-order valence-electron chi connectivity index (χ0n) is 11.1. The van der Waals surface area contributed by atoms with E-state index in [0.29, 0.717) is 17.9 Å². The van der Waals surface area contributed by atoms with Gasteiger partial charge in [0, 0.05) is 6.54 Å². The number of anilines is 1. The highest BCUT2D eigenvalue weighted by molar-refractivity contribution is 6.19. The van der Waals surface area contributed by atoms with Crippen LogP contribution in [0.15, 0.2) is 42.1 Å². The first-order valence-corrected chi connectivity index (χ1v) is 6.10. The Labute approximate surface area is 116 Å². The molecule has 0 radical (unpaired) electrons. The molecule has 0 aromatic heterocycles. The van der Waals surface area contributed by atoms with Gasteiger partial charge in [0.25, 0.3) is 5.91 Å². The van der Waals surface area contributed by atoms with E-state index in [4.69, 9.17) is 5.21 Å². The van der Waals surface area contributed by atoms with Crippen LogP contribution in [0.25, 0.3) is 0 Å². The van der Waals surface area contributed by atoms with Crippen molar-refractivity contribution < 1.29 is 14.8 Å². The molecule has 1 aromatic carbocycles. The minimum Gasteiger partial charge on any atom is -0.411 e. The Balaban J connectivity index is 2.25. The summed E-state index contributed by atoms with van der Waals surface area (Å²) in [7, 11) is 0. The van der Waals surface area contributed by atoms with Crippen molar-refractivity contribution in [3.05, 3.63) is 42.5 Å². The van der Waals surface area contributed by atoms with E-state index in [2.05, 4.69) is 11.7 Å². The number of hydrogen-bond donors (Lipinski definition) is 1. The van der Waals surface area contributed by atoms with E-state index in [-0.39, 0.29) is 18.5 Å². The molecule has 0 unspecified atom stereocenters. The smallest absolute Gasteiger partial charge is 0.332 e. The first-order valence-electron chi connectivity index (χ1n) is 6.10. The molecule has 1 N–H and O–H groups in total. The zero-order valence-corrected chi connectivity index (χ0v) is 11.1. The number of urea groups is 1. The topological polar surface area (TPSA) is 73.2 Å². The molecule has 1 fully saturated rings. The molecule has 3 amide bonds.